The highest BCUT2D eigenvalue weighted by atomic mass is 16.1. The second kappa shape index (κ2) is 11.5. The SMILES string of the molecule is CCNC(=NCC(=O)Nc1ccccc1)NCCCN1CCCCC1C. The molecule has 1 amide bonds. The van der Waals surface area contributed by atoms with Crippen molar-refractivity contribution >= 4 is 17.6 Å². The van der Waals surface area contributed by atoms with Crippen molar-refractivity contribution in [2.24, 2.45) is 4.99 Å². The van der Waals surface area contributed by atoms with E-state index < -0.39 is 0 Å². The molecule has 6 heteroatoms. The summed E-state index contributed by atoms with van der Waals surface area (Å²) in [6, 6.07) is 10.2. The van der Waals surface area contributed by atoms with Crippen LogP contribution in [0.4, 0.5) is 5.69 Å². The average molecular weight is 360 g/mol. The van der Waals surface area contributed by atoms with Crippen LogP contribution in [0, 0.1) is 0 Å². The van der Waals surface area contributed by atoms with E-state index in [-0.39, 0.29) is 12.5 Å². The van der Waals surface area contributed by atoms with Gasteiger partial charge in [0.25, 0.3) is 0 Å². The van der Waals surface area contributed by atoms with Crippen LogP contribution in [0.15, 0.2) is 35.3 Å². The molecule has 3 N–H and O–H groups in total. The number of likely N-dealkylation sites (tertiary alicyclic amines) is 1. The number of benzene rings is 1. The number of rotatable bonds is 8. The van der Waals surface area contributed by atoms with Gasteiger partial charge in [0, 0.05) is 31.4 Å². The summed E-state index contributed by atoms with van der Waals surface area (Å²) in [5, 5.41) is 9.37. The summed E-state index contributed by atoms with van der Waals surface area (Å²) in [4.78, 5) is 19.0. The number of nitrogens with zero attached hydrogens (tertiary/aromatic N) is 2. The molecule has 1 aliphatic rings. The zero-order valence-electron chi connectivity index (χ0n) is 16.1. The van der Waals surface area contributed by atoms with Crippen molar-refractivity contribution in [1.29, 1.82) is 0 Å². The Morgan fingerprint density at radius 3 is 2.77 bits per heavy atom. The Balaban J connectivity index is 1.70. The molecule has 1 fully saturated rings. The van der Waals surface area contributed by atoms with Gasteiger partial charge in [-0.15, -0.1) is 0 Å². The summed E-state index contributed by atoms with van der Waals surface area (Å²) < 4.78 is 0. The lowest BCUT2D eigenvalue weighted by Crippen LogP contribution is -2.41. The fraction of sp³-hybridized carbons (Fsp3) is 0.600. The molecule has 1 aliphatic heterocycles. The topological polar surface area (TPSA) is 68.8 Å². The van der Waals surface area contributed by atoms with Crippen LogP contribution in [0.2, 0.25) is 0 Å². The summed E-state index contributed by atoms with van der Waals surface area (Å²) in [5.41, 5.74) is 0.793. The fourth-order valence-corrected chi connectivity index (χ4v) is 3.19. The maximum absolute atomic E-state index is 12.0. The third kappa shape index (κ3) is 7.44. The minimum Gasteiger partial charge on any atom is -0.357 e. The van der Waals surface area contributed by atoms with Crippen molar-refractivity contribution in [2.75, 3.05) is 38.0 Å². The smallest absolute Gasteiger partial charge is 0.246 e. The Hall–Kier alpha value is -2.08. The summed E-state index contributed by atoms with van der Waals surface area (Å²) >= 11 is 0. The maximum Gasteiger partial charge on any atom is 0.246 e. The highest BCUT2D eigenvalue weighted by Gasteiger charge is 2.17. The first-order valence-electron chi connectivity index (χ1n) is 9.80. The molecule has 0 aromatic heterocycles. The standard InChI is InChI=1S/C20H33N5O/c1-3-21-20(22-13-9-15-25-14-8-7-10-17(25)2)23-16-19(26)24-18-11-5-4-6-12-18/h4-6,11-12,17H,3,7-10,13-16H2,1-2H3,(H,24,26)(H2,21,22,23). The van der Waals surface area contributed by atoms with Crippen LogP contribution in [0.1, 0.15) is 39.5 Å². The fourth-order valence-electron chi connectivity index (χ4n) is 3.19. The zero-order valence-corrected chi connectivity index (χ0v) is 16.1. The predicted molar refractivity (Wildman–Crippen MR) is 109 cm³/mol. The Bertz CT molecular complexity index is 561. The van der Waals surface area contributed by atoms with Gasteiger partial charge in [0.15, 0.2) is 5.96 Å². The number of hydrogen-bond acceptors (Lipinski definition) is 3. The summed E-state index contributed by atoms with van der Waals surface area (Å²) in [5.74, 6) is 0.581. The molecule has 0 radical (unpaired) electrons. The average Bonchev–Trinajstić information content (AvgIpc) is 2.65. The summed E-state index contributed by atoms with van der Waals surface area (Å²) in [6.07, 6.45) is 5.07. The zero-order chi connectivity index (χ0) is 18.6. The van der Waals surface area contributed by atoms with Crippen molar-refractivity contribution in [3.05, 3.63) is 30.3 Å². The highest BCUT2D eigenvalue weighted by Crippen LogP contribution is 2.16. The molecular formula is C20H33N5O. The van der Waals surface area contributed by atoms with Gasteiger partial charge in [0.05, 0.1) is 0 Å². The van der Waals surface area contributed by atoms with Crippen molar-refractivity contribution in [3.8, 4) is 0 Å². The monoisotopic (exact) mass is 359 g/mol. The Kier molecular flexibility index (Phi) is 8.96. The first-order chi connectivity index (χ1) is 12.7. The van der Waals surface area contributed by atoms with E-state index in [2.05, 4.69) is 32.8 Å². The number of para-hydroxylation sites is 1. The molecule has 144 valence electrons. The van der Waals surface area contributed by atoms with Crippen molar-refractivity contribution in [3.63, 3.8) is 0 Å². The summed E-state index contributed by atoms with van der Waals surface area (Å²) in [7, 11) is 0. The van der Waals surface area contributed by atoms with E-state index in [9.17, 15) is 4.79 Å². The first-order valence-corrected chi connectivity index (χ1v) is 9.80. The molecule has 0 spiro atoms. The Labute approximate surface area is 157 Å². The molecule has 2 rings (SSSR count). The molecule has 1 unspecified atom stereocenters. The highest BCUT2D eigenvalue weighted by molar-refractivity contribution is 5.94. The van der Waals surface area contributed by atoms with Gasteiger partial charge in [-0.05, 0) is 51.8 Å². The number of guanidine groups is 1. The first kappa shape index (κ1) is 20.2. The molecule has 0 saturated carbocycles. The Morgan fingerprint density at radius 1 is 1.23 bits per heavy atom. The van der Waals surface area contributed by atoms with E-state index in [1.54, 1.807) is 0 Å². The van der Waals surface area contributed by atoms with Gasteiger partial charge >= 0.3 is 0 Å². The number of aliphatic imine (C=N–C) groups is 1. The summed E-state index contributed by atoms with van der Waals surface area (Å²) in [6.45, 7) is 8.41. The number of carbonyl (C=O) groups is 1. The minimum absolute atomic E-state index is 0.105. The molecule has 0 bridgehead atoms. The van der Waals surface area contributed by atoms with E-state index in [0.29, 0.717) is 12.0 Å². The predicted octanol–water partition coefficient (Wildman–Crippen LogP) is 2.44. The van der Waals surface area contributed by atoms with Gasteiger partial charge in [0.1, 0.15) is 6.54 Å². The maximum atomic E-state index is 12.0. The molecular weight excluding hydrogens is 326 g/mol. The minimum atomic E-state index is -0.115. The van der Waals surface area contributed by atoms with Gasteiger partial charge in [-0.25, -0.2) is 4.99 Å². The Morgan fingerprint density at radius 2 is 2.04 bits per heavy atom. The van der Waals surface area contributed by atoms with Crippen LogP contribution in [-0.2, 0) is 4.79 Å². The van der Waals surface area contributed by atoms with Crippen molar-refractivity contribution in [2.45, 2.75) is 45.6 Å². The van der Waals surface area contributed by atoms with E-state index in [4.69, 9.17) is 0 Å². The number of nitrogens with one attached hydrogen (secondary N) is 3. The largest absolute Gasteiger partial charge is 0.357 e. The van der Waals surface area contributed by atoms with E-state index in [1.807, 2.05) is 37.3 Å². The van der Waals surface area contributed by atoms with Gasteiger partial charge in [-0.3, -0.25) is 4.79 Å². The van der Waals surface area contributed by atoms with E-state index >= 15 is 0 Å². The molecule has 26 heavy (non-hydrogen) atoms. The van der Waals surface area contributed by atoms with Crippen LogP contribution in [-0.4, -0.2) is 55.5 Å². The number of anilines is 1. The number of carbonyl (C=O) groups excluding carboxylic acids is 1. The lowest BCUT2D eigenvalue weighted by molar-refractivity contribution is -0.114. The molecule has 1 aromatic carbocycles. The van der Waals surface area contributed by atoms with Gasteiger partial charge in [0.2, 0.25) is 5.91 Å². The van der Waals surface area contributed by atoms with Crippen LogP contribution < -0.4 is 16.0 Å². The van der Waals surface area contributed by atoms with E-state index in [0.717, 1.165) is 31.7 Å². The number of amides is 1. The lowest BCUT2D eigenvalue weighted by atomic mass is 10.0. The molecule has 0 aliphatic carbocycles. The van der Waals surface area contributed by atoms with Crippen LogP contribution in [0.5, 0.6) is 0 Å². The van der Waals surface area contributed by atoms with Gasteiger partial charge in [-0.1, -0.05) is 24.6 Å². The van der Waals surface area contributed by atoms with Gasteiger partial charge in [-0.2, -0.15) is 0 Å². The molecule has 6 nitrogen and oxygen atoms in total. The van der Waals surface area contributed by atoms with Crippen LogP contribution >= 0.6 is 0 Å². The van der Waals surface area contributed by atoms with Crippen LogP contribution in [0.3, 0.4) is 0 Å². The second-order valence-corrected chi connectivity index (χ2v) is 6.77. The number of hydrogen-bond donors (Lipinski definition) is 3. The molecule has 1 atom stereocenters. The van der Waals surface area contributed by atoms with Crippen molar-refractivity contribution < 1.29 is 4.79 Å². The van der Waals surface area contributed by atoms with Crippen molar-refractivity contribution in [1.82, 2.24) is 15.5 Å². The number of piperidine rings is 1. The normalized spacial score (nSPS) is 18.4. The lowest BCUT2D eigenvalue weighted by Gasteiger charge is -2.33. The third-order valence-corrected chi connectivity index (χ3v) is 4.64. The third-order valence-electron chi connectivity index (χ3n) is 4.64. The molecule has 1 aromatic rings. The molecule has 1 heterocycles. The second-order valence-electron chi connectivity index (χ2n) is 6.77. The van der Waals surface area contributed by atoms with E-state index in [1.165, 1.54) is 25.8 Å². The van der Waals surface area contributed by atoms with Gasteiger partial charge < -0.3 is 20.9 Å². The van der Waals surface area contributed by atoms with Crippen LogP contribution in [0.25, 0.3) is 0 Å². The molecule has 1 saturated heterocycles. The quantitative estimate of drug-likeness (QED) is 0.379.